The molecule has 4 fully saturated rings. The van der Waals surface area contributed by atoms with Crippen LogP contribution in [0.25, 0.3) is 0 Å². The number of rotatable bonds is 19. The second kappa shape index (κ2) is 26.7. The molecule has 8 heterocycles. The van der Waals surface area contributed by atoms with Crippen molar-refractivity contribution in [3.8, 4) is 0 Å². The van der Waals surface area contributed by atoms with Crippen LogP contribution < -0.4 is 31.6 Å². The van der Waals surface area contributed by atoms with Crippen LogP contribution in [0, 0.1) is 11.6 Å². The summed E-state index contributed by atoms with van der Waals surface area (Å²) in [5.74, 6) is -0.328. The molecule has 6 atom stereocenters. The Bertz CT molecular complexity index is 2990. The van der Waals surface area contributed by atoms with E-state index in [1.54, 1.807) is 24.3 Å². The van der Waals surface area contributed by atoms with Gasteiger partial charge in [-0.2, -0.15) is 0 Å². The number of H-pyrrole nitrogens is 2. The zero-order valence-corrected chi connectivity index (χ0v) is 52.0. The molecule has 20 heteroatoms. The Morgan fingerprint density at radius 1 is 0.512 bits per heavy atom. The highest BCUT2D eigenvalue weighted by Gasteiger charge is 2.43. The summed E-state index contributed by atoms with van der Waals surface area (Å²) in [5, 5.41) is 7.27. The molecule has 2 aromatic heterocycles. The summed E-state index contributed by atoms with van der Waals surface area (Å²) < 4.78 is 27.3. The second-order valence-corrected chi connectivity index (χ2v) is 27.2. The van der Waals surface area contributed by atoms with Crippen LogP contribution in [-0.2, 0) is 42.8 Å². The molecule has 4 saturated heterocycles. The molecular formula is C66H92F2N12O6. The summed E-state index contributed by atoms with van der Waals surface area (Å²) in [7, 11) is 0. The predicted octanol–water partition coefficient (Wildman–Crippen LogP) is 5.20. The molecule has 466 valence electrons. The summed E-state index contributed by atoms with van der Waals surface area (Å²) in [6, 6.07) is 16.9. The zero-order chi connectivity index (χ0) is 61.2. The summed E-state index contributed by atoms with van der Waals surface area (Å²) in [6.45, 7) is 26.9. The number of carbonyl (C=O) groups excluding carboxylic acids is 4. The molecule has 6 aliphatic rings. The summed E-state index contributed by atoms with van der Waals surface area (Å²) in [4.78, 5) is 106. The summed E-state index contributed by atoms with van der Waals surface area (Å²) >= 11 is 0. The van der Waals surface area contributed by atoms with Crippen molar-refractivity contribution in [2.24, 2.45) is 0 Å². The number of piperazine rings is 4. The van der Waals surface area contributed by atoms with Crippen LogP contribution in [0.5, 0.6) is 0 Å². The number of nitrogens with zero attached hydrogens (tertiary/aromatic N) is 8. The first-order valence-electron chi connectivity index (χ1n) is 31.6. The van der Waals surface area contributed by atoms with Crippen molar-refractivity contribution < 1.29 is 28.0 Å². The van der Waals surface area contributed by atoms with Gasteiger partial charge in [-0.05, 0) is 88.1 Å². The van der Waals surface area contributed by atoms with Gasteiger partial charge in [-0.1, -0.05) is 64.8 Å². The summed E-state index contributed by atoms with van der Waals surface area (Å²) in [6.07, 6.45) is 5.01. The minimum Gasteiger partial charge on any atom is -0.340 e. The number of nitrogens with one attached hydrogen (secondary N) is 4. The number of anilines is 2. The number of fused-ring (bicyclic) bond motifs is 2. The molecule has 0 radical (unpaired) electrons. The van der Waals surface area contributed by atoms with Gasteiger partial charge >= 0.3 is 0 Å². The second-order valence-electron chi connectivity index (χ2n) is 27.2. The Morgan fingerprint density at radius 3 is 1.27 bits per heavy atom. The highest BCUT2D eigenvalue weighted by Crippen LogP contribution is 2.41. The first kappa shape index (κ1) is 62.9. The number of aromatic nitrogens is 2. The molecule has 18 nitrogen and oxygen atoms in total. The molecule has 0 unspecified atom stereocenters. The molecule has 2 aromatic carbocycles. The summed E-state index contributed by atoms with van der Waals surface area (Å²) in [5.41, 5.74) is 4.39. The minimum absolute atomic E-state index is 0.00997. The molecule has 0 bridgehead atoms. The first-order chi connectivity index (χ1) is 41.0. The Kier molecular flexibility index (Phi) is 19.5. The number of pyridine rings is 2. The Morgan fingerprint density at radius 2 is 0.895 bits per heavy atom. The van der Waals surface area contributed by atoms with Gasteiger partial charge in [0.05, 0.1) is 24.5 Å². The van der Waals surface area contributed by atoms with E-state index in [2.05, 4.69) is 67.9 Å². The molecule has 4 N–H and O–H groups in total. The molecular weight excluding hydrogens is 1090 g/mol. The van der Waals surface area contributed by atoms with Crippen LogP contribution in [0.15, 0.2) is 70.3 Å². The average Bonchev–Trinajstić information content (AvgIpc) is 1.75. The van der Waals surface area contributed by atoms with Gasteiger partial charge in [0.25, 0.3) is 11.1 Å². The number of unbranched alkanes of at least 4 members (excludes halogenated alkanes) is 3. The number of hydrogen-bond acceptors (Lipinski definition) is 12. The Labute approximate surface area is 506 Å². The minimum atomic E-state index is -0.440. The van der Waals surface area contributed by atoms with Gasteiger partial charge in [-0.25, -0.2) is 8.78 Å². The topological polar surface area (TPSA) is 184 Å². The molecule has 4 amide bonds. The number of benzene rings is 2. The lowest BCUT2D eigenvalue weighted by Gasteiger charge is -2.45. The van der Waals surface area contributed by atoms with Gasteiger partial charge in [0.15, 0.2) is 0 Å². The maximum Gasteiger partial charge on any atom is 0.251 e. The lowest BCUT2D eigenvalue weighted by Crippen LogP contribution is -2.63. The van der Waals surface area contributed by atoms with E-state index in [1.807, 2.05) is 59.4 Å². The fourth-order valence-corrected chi connectivity index (χ4v) is 14.1. The van der Waals surface area contributed by atoms with Crippen LogP contribution >= 0.6 is 0 Å². The number of halogens is 2. The average molecular weight is 1190 g/mol. The van der Waals surface area contributed by atoms with Crippen molar-refractivity contribution in [3.63, 3.8) is 0 Å². The van der Waals surface area contributed by atoms with Gasteiger partial charge in [0, 0.05) is 187 Å². The molecule has 86 heavy (non-hydrogen) atoms. The smallest absolute Gasteiger partial charge is 0.251 e. The highest BCUT2D eigenvalue weighted by molar-refractivity contribution is 5.98. The van der Waals surface area contributed by atoms with Gasteiger partial charge in [-0.15, -0.1) is 0 Å². The van der Waals surface area contributed by atoms with E-state index >= 15 is 0 Å². The third kappa shape index (κ3) is 14.7. The van der Waals surface area contributed by atoms with Crippen LogP contribution in [0.4, 0.5) is 20.2 Å². The van der Waals surface area contributed by atoms with Crippen molar-refractivity contribution >= 4 is 35.0 Å². The first-order valence-corrected chi connectivity index (χ1v) is 31.6. The van der Waals surface area contributed by atoms with Gasteiger partial charge in [0.1, 0.15) is 11.6 Å². The molecule has 0 saturated carbocycles. The van der Waals surface area contributed by atoms with Crippen molar-refractivity contribution in [2.45, 2.75) is 154 Å². The van der Waals surface area contributed by atoms with Crippen molar-refractivity contribution in [3.05, 3.63) is 127 Å². The van der Waals surface area contributed by atoms with Crippen molar-refractivity contribution in [2.75, 3.05) is 115 Å². The van der Waals surface area contributed by atoms with Gasteiger partial charge in [0.2, 0.25) is 23.6 Å². The molecule has 0 spiro atoms. The van der Waals surface area contributed by atoms with Crippen LogP contribution in [0.1, 0.15) is 128 Å². The molecule has 10 rings (SSSR count). The van der Waals surface area contributed by atoms with Crippen LogP contribution in [0.2, 0.25) is 0 Å². The Hall–Kier alpha value is -6.16. The third-order valence-electron chi connectivity index (χ3n) is 19.2. The van der Waals surface area contributed by atoms with E-state index in [1.165, 1.54) is 24.3 Å². The van der Waals surface area contributed by atoms with E-state index < -0.39 is 10.8 Å². The van der Waals surface area contributed by atoms with E-state index in [0.717, 1.165) is 112 Å². The lowest BCUT2D eigenvalue weighted by molar-refractivity contribution is -0.135. The lowest BCUT2D eigenvalue weighted by atomic mass is 9.91. The standard InChI is InChI=1S/C66H92F2N12O6/c1-43-33-77(39-59(83)79-41-65(5,6)61-55(79)29-49(63(85)71-61)27-47-15-19-51(67)20-16-47)53(31-69-43)37-73-23-25-75(35-45(73)3)57(81)13-11-9-10-12-14-58(82)76-26-24-74(46(4)36-76)38-54-32-70-44(2)34-78(54)40-60(84)80-42-66(7,8)62-56(80)30-50(64(86)72-62)28-48-17-21-52(68)22-18-48/h15-22,29-30,43-46,53-54,69-70H,9-14,23-28,31-42H2,1-8H3,(H,71,85)(H,72,86)/t43-,44-,45-,46-,53-,54-/m1/s1. The third-order valence-corrected chi connectivity index (χ3v) is 19.2. The number of carbonyl (C=O) groups is 4. The van der Waals surface area contributed by atoms with Crippen molar-refractivity contribution in [1.82, 2.24) is 50.0 Å². The number of aromatic amines is 2. The van der Waals surface area contributed by atoms with E-state index in [0.29, 0.717) is 76.1 Å². The van der Waals surface area contributed by atoms with E-state index in [-0.39, 0.29) is 95.7 Å². The van der Waals surface area contributed by atoms with Crippen molar-refractivity contribution in [1.29, 1.82) is 0 Å². The fraction of sp³-hybridized carbons (Fsp3) is 0.606. The predicted molar refractivity (Wildman–Crippen MR) is 332 cm³/mol. The van der Waals surface area contributed by atoms with E-state index in [4.69, 9.17) is 0 Å². The SMILES string of the molecule is C[C@@H]1CN(CC(=O)N2CC(C)(C)c3[nH]c(=O)c(Cc4ccc(F)cc4)cc32)[C@@H](CN2CCN(C(=O)CCCCCCC(=O)N3CCN(C[C@H]4CN[C@H](C)CN4CC(=O)N4CC(C)(C)c5[nH]c(=O)c(Cc6ccc(F)cc6)cc54)[C@H](C)C3)C[C@H]2C)CN1. The number of hydrogen-bond donors (Lipinski definition) is 4. The largest absolute Gasteiger partial charge is 0.340 e. The van der Waals surface area contributed by atoms with Gasteiger partial charge < -0.3 is 40.2 Å². The Balaban J connectivity index is 0.634. The van der Waals surface area contributed by atoms with Crippen LogP contribution in [-0.4, -0.2) is 204 Å². The fourth-order valence-electron chi connectivity index (χ4n) is 14.1. The normalized spacial score (nSPS) is 24.5. The monoisotopic (exact) mass is 1190 g/mol. The van der Waals surface area contributed by atoms with E-state index in [9.17, 15) is 37.5 Å². The highest BCUT2D eigenvalue weighted by atomic mass is 19.1. The maximum atomic E-state index is 14.4. The zero-order valence-electron chi connectivity index (χ0n) is 52.0. The molecule has 6 aliphatic heterocycles. The maximum absolute atomic E-state index is 14.4. The quantitative estimate of drug-likeness (QED) is 0.0903. The molecule has 4 aromatic rings. The molecule has 0 aliphatic carbocycles. The van der Waals surface area contributed by atoms with Gasteiger partial charge in [-0.3, -0.25) is 48.4 Å². The number of amides is 4. The van der Waals surface area contributed by atoms with Crippen LogP contribution in [0.3, 0.4) is 0 Å².